The average Bonchev–Trinajstić information content (AvgIpc) is 3.01. The third-order valence-corrected chi connectivity index (χ3v) is 3.78. The van der Waals surface area contributed by atoms with Gasteiger partial charge in [0.05, 0.1) is 12.6 Å². The van der Waals surface area contributed by atoms with E-state index in [9.17, 15) is 0 Å². The molecule has 0 aliphatic carbocycles. The van der Waals surface area contributed by atoms with E-state index < -0.39 is 0 Å². The zero-order valence-corrected chi connectivity index (χ0v) is 11.9. The minimum absolute atomic E-state index is 0.295. The first kappa shape index (κ1) is 13.2. The molecule has 3 rings (SSSR count). The molecule has 0 bridgehead atoms. The standard InChI is InChI=1S/C18H21NO/c1-2-19-17(18-8-5-11-20-18)13-14-9-10-15-6-3-4-7-16(15)12-14/h3-4,6-10,12,17,19H,2,5,11,13H2,1H3. The first-order chi connectivity index (χ1) is 9.86. The van der Waals surface area contributed by atoms with Gasteiger partial charge in [-0.15, -0.1) is 0 Å². The van der Waals surface area contributed by atoms with Gasteiger partial charge in [-0.2, -0.15) is 0 Å². The predicted octanol–water partition coefficient (Wildman–Crippen LogP) is 3.66. The molecule has 1 unspecified atom stereocenters. The van der Waals surface area contributed by atoms with Gasteiger partial charge in [-0.25, -0.2) is 0 Å². The van der Waals surface area contributed by atoms with E-state index in [2.05, 4.69) is 60.8 Å². The fourth-order valence-electron chi connectivity index (χ4n) is 2.80. The Morgan fingerprint density at radius 3 is 2.75 bits per heavy atom. The summed E-state index contributed by atoms with van der Waals surface area (Å²) >= 11 is 0. The average molecular weight is 267 g/mol. The Balaban J connectivity index is 1.82. The van der Waals surface area contributed by atoms with E-state index in [0.717, 1.165) is 31.8 Å². The second kappa shape index (κ2) is 6.10. The summed E-state index contributed by atoms with van der Waals surface area (Å²) in [6.45, 7) is 3.93. The molecule has 0 amide bonds. The number of nitrogens with one attached hydrogen (secondary N) is 1. The Hall–Kier alpha value is -1.80. The SMILES string of the molecule is CCNC(Cc1ccc2ccccc2c1)C1=CCCO1. The van der Waals surface area contributed by atoms with Crippen LogP contribution in [0.1, 0.15) is 18.9 Å². The lowest BCUT2D eigenvalue weighted by Gasteiger charge is -2.19. The van der Waals surface area contributed by atoms with Crippen LogP contribution in [0.2, 0.25) is 0 Å². The molecule has 2 nitrogen and oxygen atoms in total. The maximum atomic E-state index is 5.73. The Morgan fingerprint density at radius 2 is 2.00 bits per heavy atom. The van der Waals surface area contributed by atoms with Gasteiger partial charge >= 0.3 is 0 Å². The van der Waals surface area contributed by atoms with Gasteiger partial charge < -0.3 is 10.1 Å². The zero-order chi connectivity index (χ0) is 13.8. The lowest BCUT2D eigenvalue weighted by molar-refractivity contribution is 0.215. The molecule has 1 aliphatic heterocycles. The summed E-state index contributed by atoms with van der Waals surface area (Å²) in [5.74, 6) is 1.11. The van der Waals surface area contributed by atoms with Gasteiger partial charge in [0, 0.05) is 6.42 Å². The van der Waals surface area contributed by atoms with Crippen LogP contribution in [0.25, 0.3) is 10.8 Å². The van der Waals surface area contributed by atoms with Crippen LogP contribution in [-0.2, 0) is 11.2 Å². The molecule has 2 aromatic carbocycles. The summed E-state index contributed by atoms with van der Waals surface area (Å²) in [5, 5.41) is 6.13. The molecule has 0 aromatic heterocycles. The van der Waals surface area contributed by atoms with Crippen molar-refractivity contribution < 1.29 is 4.74 Å². The van der Waals surface area contributed by atoms with Crippen LogP contribution in [0.3, 0.4) is 0 Å². The maximum Gasteiger partial charge on any atom is 0.109 e. The molecule has 0 fully saturated rings. The Labute approximate surface area is 120 Å². The van der Waals surface area contributed by atoms with Crippen molar-refractivity contribution >= 4 is 10.8 Å². The van der Waals surface area contributed by atoms with Crippen LogP contribution in [0.5, 0.6) is 0 Å². The molecule has 1 N–H and O–H groups in total. The highest BCUT2D eigenvalue weighted by molar-refractivity contribution is 5.83. The van der Waals surface area contributed by atoms with Gasteiger partial charge in [0.2, 0.25) is 0 Å². The summed E-state index contributed by atoms with van der Waals surface area (Å²) in [5.41, 5.74) is 1.35. The van der Waals surface area contributed by atoms with Gasteiger partial charge in [0.15, 0.2) is 0 Å². The van der Waals surface area contributed by atoms with E-state index in [0.29, 0.717) is 6.04 Å². The van der Waals surface area contributed by atoms with Crippen LogP contribution < -0.4 is 5.32 Å². The Kier molecular flexibility index (Phi) is 4.03. The quantitative estimate of drug-likeness (QED) is 0.892. The number of rotatable bonds is 5. The maximum absolute atomic E-state index is 5.73. The Morgan fingerprint density at radius 1 is 1.15 bits per heavy atom. The fraction of sp³-hybridized carbons (Fsp3) is 0.333. The number of hydrogen-bond donors (Lipinski definition) is 1. The molecule has 20 heavy (non-hydrogen) atoms. The summed E-state index contributed by atoms with van der Waals surface area (Å²) in [6, 6.07) is 15.5. The number of ether oxygens (including phenoxy) is 1. The third kappa shape index (κ3) is 2.86. The van der Waals surface area contributed by atoms with Gasteiger partial charge in [0.25, 0.3) is 0 Å². The monoisotopic (exact) mass is 267 g/mol. The van der Waals surface area contributed by atoms with Crippen molar-refractivity contribution in [2.45, 2.75) is 25.8 Å². The van der Waals surface area contributed by atoms with Crippen LogP contribution >= 0.6 is 0 Å². The van der Waals surface area contributed by atoms with Crippen LogP contribution in [-0.4, -0.2) is 19.2 Å². The van der Waals surface area contributed by atoms with E-state index in [1.165, 1.54) is 16.3 Å². The molecule has 0 radical (unpaired) electrons. The Bertz CT molecular complexity index is 618. The predicted molar refractivity (Wildman–Crippen MR) is 83.8 cm³/mol. The largest absolute Gasteiger partial charge is 0.496 e. The molecular formula is C18H21NO. The van der Waals surface area contributed by atoms with Gasteiger partial charge in [0.1, 0.15) is 5.76 Å². The van der Waals surface area contributed by atoms with Crippen molar-refractivity contribution in [1.29, 1.82) is 0 Å². The molecule has 104 valence electrons. The van der Waals surface area contributed by atoms with Crippen LogP contribution in [0, 0.1) is 0 Å². The molecule has 0 saturated heterocycles. The molecule has 2 aromatic rings. The van der Waals surface area contributed by atoms with E-state index in [1.54, 1.807) is 0 Å². The first-order valence-electron chi connectivity index (χ1n) is 7.40. The molecule has 0 spiro atoms. The molecule has 2 heteroatoms. The molecular weight excluding hydrogens is 246 g/mol. The summed E-state index contributed by atoms with van der Waals surface area (Å²) in [6.07, 6.45) is 4.23. The third-order valence-electron chi connectivity index (χ3n) is 3.78. The highest BCUT2D eigenvalue weighted by Crippen LogP contribution is 2.20. The van der Waals surface area contributed by atoms with E-state index in [4.69, 9.17) is 4.74 Å². The molecule has 1 atom stereocenters. The molecule has 1 heterocycles. The lowest BCUT2D eigenvalue weighted by Crippen LogP contribution is -2.33. The van der Waals surface area contributed by atoms with Crippen LogP contribution in [0.4, 0.5) is 0 Å². The normalized spacial score (nSPS) is 15.9. The summed E-state index contributed by atoms with van der Waals surface area (Å²) < 4.78 is 5.73. The fourth-order valence-corrected chi connectivity index (χ4v) is 2.80. The second-order valence-corrected chi connectivity index (χ2v) is 5.24. The second-order valence-electron chi connectivity index (χ2n) is 5.24. The van der Waals surface area contributed by atoms with E-state index in [-0.39, 0.29) is 0 Å². The highest BCUT2D eigenvalue weighted by Gasteiger charge is 2.18. The number of benzene rings is 2. The minimum atomic E-state index is 0.295. The van der Waals surface area contributed by atoms with Crippen molar-refractivity contribution in [3.05, 3.63) is 59.9 Å². The topological polar surface area (TPSA) is 21.3 Å². The zero-order valence-electron chi connectivity index (χ0n) is 11.9. The van der Waals surface area contributed by atoms with Crippen molar-refractivity contribution in [2.75, 3.05) is 13.2 Å². The summed E-state index contributed by atoms with van der Waals surface area (Å²) in [4.78, 5) is 0. The highest BCUT2D eigenvalue weighted by atomic mass is 16.5. The van der Waals surface area contributed by atoms with Gasteiger partial charge in [-0.05, 0) is 35.4 Å². The van der Waals surface area contributed by atoms with Crippen molar-refractivity contribution in [2.24, 2.45) is 0 Å². The van der Waals surface area contributed by atoms with Crippen LogP contribution in [0.15, 0.2) is 54.3 Å². The lowest BCUT2D eigenvalue weighted by atomic mass is 10.0. The van der Waals surface area contributed by atoms with Crippen molar-refractivity contribution in [3.8, 4) is 0 Å². The number of hydrogen-bond acceptors (Lipinski definition) is 2. The van der Waals surface area contributed by atoms with Gasteiger partial charge in [-0.1, -0.05) is 49.4 Å². The molecule has 1 aliphatic rings. The van der Waals surface area contributed by atoms with E-state index >= 15 is 0 Å². The van der Waals surface area contributed by atoms with Gasteiger partial charge in [-0.3, -0.25) is 0 Å². The number of fused-ring (bicyclic) bond motifs is 1. The number of likely N-dealkylation sites (N-methyl/N-ethyl adjacent to an activating group) is 1. The first-order valence-corrected chi connectivity index (χ1v) is 7.40. The summed E-state index contributed by atoms with van der Waals surface area (Å²) in [7, 11) is 0. The van der Waals surface area contributed by atoms with Crippen molar-refractivity contribution in [1.82, 2.24) is 5.32 Å². The smallest absolute Gasteiger partial charge is 0.109 e. The van der Waals surface area contributed by atoms with E-state index in [1.807, 2.05) is 0 Å². The minimum Gasteiger partial charge on any atom is -0.496 e. The van der Waals surface area contributed by atoms with Crippen molar-refractivity contribution in [3.63, 3.8) is 0 Å². The molecule has 0 saturated carbocycles.